The first-order valence-corrected chi connectivity index (χ1v) is 7.45. The highest BCUT2D eigenvalue weighted by atomic mass is 16.6. The molecule has 0 heterocycles. The molecule has 0 fully saturated rings. The lowest BCUT2D eigenvalue weighted by Gasteiger charge is -2.08. The molecule has 0 amide bonds. The SMILES string of the molecule is COc1ccc2ccccc2c1C=Nc1ccc(C)c([N+](=O)[O-])c1. The van der Waals surface area contributed by atoms with Crippen molar-refractivity contribution in [2.75, 3.05) is 7.11 Å². The van der Waals surface area contributed by atoms with E-state index in [1.54, 1.807) is 32.4 Å². The van der Waals surface area contributed by atoms with Crippen LogP contribution in [0.3, 0.4) is 0 Å². The van der Waals surface area contributed by atoms with Crippen LogP contribution in [0.5, 0.6) is 5.75 Å². The van der Waals surface area contributed by atoms with Crippen LogP contribution < -0.4 is 4.74 Å². The number of hydrogen-bond donors (Lipinski definition) is 0. The van der Waals surface area contributed by atoms with E-state index in [0.29, 0.717) is 17.0 Å². The third-order valence-electron chi connectivity index (χ3n) is 3.88. The second-order valence-electron chi connectivity index (χ2n) is 5.39. The average molecular weight is 320 g/mol. The molecule has 0 radical (unpaired) electrons. The van der Waals surface area contributed by atoms with Crippen molar-refractivity contribution in [2.45, 2.75) is 6.92 Å². The van der Waals surface area contributed by atoms with Crippen molar-refractivity contribution >= 4 is 28.4 Å². The molecule has 0 spiro atoms. The van der Waals surface area contributed by atoms with Gasteiger partial charge in [-0.2, -0.15) is 0 Å². The smallest absolute Gasteiger partial charge is 0.274 e. The van der Waals surface area contributed by atoms with Gasteiger partial charge in [0.25, 0.3) is 5.69 Å². The normalized spacial score (nSPS) is 11.1. The van der Waals surface area contributed by atoms with Crippen LogP contribution in [-0.2, 0) is 0 Å². The highest BCUT2D eigenvalue weighted by Gasteiger charge is 2.11. The molecule has 0 aliphatic heterocycles. The van der Waals surface area contributed by atoms with Crippen LogP contribution in [-0.4, -0.2) is 18.2 Å². The third kappa shape index (κ3) is 2.96. The van der Waals surface area contributed by atoms with Gasteiger partial charge in [-0.1, -0.05) is 36.4 Å². The third-order valence-corrected chi connectivity index (χ3v) is 3.88. The first kappa shape index (κ1) is 15.7. The predicted molar refractivity (Wildman–Crippen MR) is 95.6 cm³/mol. The molecule has 5 nitrogen and oxygen atoms in total. The number of ether oxygens (including phenoxy) is 1. The van der Waals surface area contributed by atoms with E-state index in [1.807, 2.05) is 36.4 Å². The fourth-order valence-corrected chi connectivity index (χ4v) is 2.60. The number of hydrogen-bond acceptors (Lipinski definition) is 4. The Bertz CT molecular complexity index is 948. The van der Waals surface area contributed by atoms with E-state index >= 15 is 0 Å². The second-order valence-corrected chi connectivity index (χ2v) is 5.39. The Morgan fingerprint density at radius 1 is 1.12 bits per heavy atom. The van der Waals surface area contributed by atoms with Crippen LogP contribution in [0.15, 0.2) is 59.6 Å². The maximum Gasteiger partial charge on any atom is 0.274 e. The number of benzene rings is 3. The fraction of sp³-hybridized carbons (Fsp3) is 0.105. The summed E-state index contributed by atoms with van der Waals surface area (Å²) >= 11 is 0. The van der Waals surface area contributed by atoms with Crippen molar-refractivity contribution in [2.24, 2.45) is 4.99 Å². The van der Waals surface area contributed by atoms with Gasteiger partial charge in [-0.15, -0.1) is 0 Å². The minimum atomic E-state index is -0.396. The number of methoxy groups -OCH3 is 1. The largest absolute Gasteiger partial charge is 0.496 e. The van der Waals surface area contributed by atoms with E-state index in [9.17, 15) is 10.1 Å². The number of rotatable bonds is 4. The van der Waals surface area contributed by atoms with Gasteiger partial charge >= 0.3 is 0 Å². The molecule has 0 saturated carbocycles. The Hall–Kier alpha value is -3.21. The van der Waals surface area contributed by atoms with Crippen LogP contribution in [0.4, 0.5) is 11.4 Å². The van der Waals surface area contributed by atoms with E-state index in [-0.39, 0.29) is 5.69 Å². The summed E-state index contributed by atoms with van der Waals surface area (Å²) in [7, 11) is 1.61. The molecule has 0 N–H and O–H groups in total. The van der Waals surface area contributed by atoms with Crippen LogP contribution in [0, 0.1) is 17.0 Å². The highest BCUT2D eigenvalue weighted by molar-refractivity contribution is 6.03. The standard InChI is InChI=1S/C19H16N2O3/c1-13-7-9-15(11-18(13)21(22)23)20-12-17-16-6-4-3-5-14(16)8-10-19(17)24-2/h3-12H,1-2H3. The molecule has 3 aromatic carbocycles. The zero-order chi connectivity index (χ0) is 17.1. The summed E-state index contributed by atoms with van der Waals surface area (Å²) in [6, 6.07) is 16.8. The number of nitro benzene ring substituents is 1. The topological polar surface area (TPSA) is 64.7 Å². The Kier molecular flexibility index (Phi) is 4.24. The molecule has 3 rings (SSSR count). The number of aliphatic imine (C=N–C) groups is 1. The van der Waals surface area contributed by atoms with Gasteiger partial charge in [0, 0.05) is 23.4 Å². The van der Waals surface area contributed by atoms with Gasteiger partial charge in [0.2, 0.25) is 0 Å². The molecule has 0 unspecified atom stereocenters. The fourth-order valence-electron chi connectivity index (χ4n) is 2.60. The first-order valence-electron chi connectivity index (χ1n) is 7.45. The van der Waals surface area contributed by atoms with Gasteiger partial charge in [-0.25, -0.2) is 0 Å². The minimum absolute atomic E-state index is 0.0644. The van der Waals surface area contributed by atoms with E-state index < -0.39 is 4.92 Å². The van der Waals surface area contributed by atoms with Crippen LogP contribution in [0.25, 0.3) is 10.8 Å². The maximum absolute atomic E-state index is 11.1. The zero-order valence-corrected chi connectivity index (χ0v) is 13.4. The van der Waals surface area contributed by atoms with Gasteiger partial charge in [-0.3, -0.25) is 15.1 Å². The molecule has 0 aliphatic rings. The van der Waals surface area contributed by atoms with E-state index in [1.165, 1.54) is 6.07 Å². The molecule has 0 aromatic heterocycles. The van der Waals surface area contributed by atoms with Gasteiger partial charge in [0.15, 0.2) is 0 Å². The number of nitrogens with zero attached hydrogens (tertiary/aromatic N) is 2. The lowest BCUT2D eigenvalue weighted by Crippen LogP contribution is -1.93. The van der Waals surface area contributed by atoms with Crippen LogP contribution in [0.1, 0.15) is 11.1 Å². The van der Waals surface area contributed by atoms with Gasteiger partial charge < -0.3 is 4.74 Å². The zero-order valence-electron chi connectivity index (χ0n) is 13.4. The minimum Gasteiger partial charge on any atom is -0.496 e. The molecular formula is C19H16N2O3. The Labute approximate surface area is 139 Å². The van der Waals surface area contributed by atoms with Crippen molar-refractivity contribution in [3.63, 3.8) is 0 Å². The monoisotopic (exact) mass is 320 g/mol. The van der Waals surface area contributed by atoms with Crippen molar-refractivity contribution in [3.8, 4) is 5.75 Å². The lowest BCUT2D eigenvalue weighted by atomic mass is 10.0. The van der Waals surface area contributed by atoms with Crippen molar-refractivity contribution in [1.82, 2.24) is 0 Å². The first-order chi connectivity index (χ1) is 11.6. The summed E-state index contributed by atoms with van der Waals surface area (Å²) in [5.41, 5.74) is 2.05. The molecule has 0 aliphatic carbocycles. The number of aryl methyl sites for hydroxylation is 1. The Morgan fingerprint density at radius 2 is 1.92 bits per heavy atom. The molecule has 0 bridgehead atoms. The van der Waals surface area contributed by atoms with Gasteiger partial charge in [-0.05, 0) is 29.8 Å². The van der Waals surface area contributed by atoms with Gasteiger partial charge in [0.05, 0.1) is 17.7 Å². The van der Waals surface area contributed by atoms with E-state index in [2.05, 4.69) is 4.99 Å². The Balaban J connectivity index is 2.08. The maximum atomic E-state index is 11.1. The summed E-state index contributed by atoms with van der Waals surface area (Å²) in [6.45, 7) is 1.71. The van der Waals surface area contributed by atoms with E-state index in [0.717, 1.165) is 16.3 Å². The highest BCUT2D eigenvalue weighted by Crippen LogP contribution is 2.28. The molecule has 0 saturated heterocycles. The van der Waals surface area contributed by atoms with Crippen LogP contribution >= 0.6 is 0 Å². The summed E-state index contributed by atoms with van der Waals surface area (Å²) < 4.78 is 5.42. The average Bonchev–Trinajstić information content (AvgIpc) is 2.60. The summed E-state index contributed by atoms with van der Waals surface area (Å²) in [4.78, 5) is 15.1. The predicted octanol–water partition coefficient (Wildman–Crippen LogP) is 4.82. The summed E-state index contributed by atoms with van der Waals surface area (Å²) in [6.07, 6.45) is 1.69. The Morgan fingerprint density at radius 3 is 2.67 bits per heavy atom. The van der Waals surface area contributed by atoms with Crippen molar-refractivity contribution in [1.29, 1.82) is 0 Å². The van der Waals surface area contributed by atoms with Crippen molar-refractivity contribution < 1.29 is 9.66 Å². The van der Waals surface area contributed by atoms with Crippen molar-refractivity contribution in [3.05, 3.63) is 75.8 Å². The van der Waals surface area contributed by atoms with Gasteiger partial charge in [0.1, 0.15) is 5.75 Å². The summed E-state index contributed by atoms with van der Waals surface area (Å²) in [5, 5.41) is 13.2. The molecule has 0 atom stereocenters. The molecule has 3 aromatic rings. The lowest BCUT2D eigenvalue weighted by molar-refractivity contribution is -0.385. The number of nitro groups is 1. The molecule has 24 heavy (non-hydrogen) atoms. The molecular weight excluding hydrogens is 304 g/mol. The molecule has 120 valence electrons. The van der Waals surface area contributed by atoms with Crippen LogP contribution in [0.2, 0.25) is 0 Å². The molecule has 5 heteroatoms. The summed E-state index contributed by atoms with van der Waals surface area (Å²) in [5.74, 6) is 0.707. The number of fused-ring (bicyclic) bond motifs is 1. The second kappa shape index (κ2) is 6.50. The van der Waals surface area contributed by atoms with E-state index in [4.69, 9.17) is 4.74 Å². The quantitative estimate of drug-likeness (QED) is 0.393.